The summed E-state index contributed by atoms with van der Waals surface area (Å²) in [6, 6.07) is 0. The second-order valence-electron chi connectivity index (χ2n) is 5.26. The summed E-state index contributed by atoms with van der Waals surface area (Å²) in [5, 5.41) is 0. The summed E-state index contributed by atoms with van der Waals surface area (Å²) in [6.07, 6.45) is -3.32. The Bertz CT molecular complexity index is 243. The fourth-order valence-electron chi connectivity index (χ4n) is 2.78. The molecular weight excluding hydrogens is 208 g/mol. The first-order valence-electron chi connectivity index (χ1n) is 5.55. The lowest BCUT2D eigenvalue weighted by atomic mass is 9.67. The van der Waals surface area contributed by atoms with Gasteiger partial charge in [-0.25, -0.2) is 4.39 Å². The van der Waals surface area contributed by atoms with E-state index in [-0.39, 0.29) is 12.8 Å². The van der Waals surface area contributed by atoms with Crippen molar-refractivity contribution < 1.29 is 17.6 Å². The Morgan fingerprint density at radius 2 is 1.73 bits per heavy atom. The third-order valence-electron chi connectivity index (χ3n) is 4.21. The molecule has 2 saturated carbocycles. The van der Waals surface area contributed by atoms with Crippen molar-refractivity contribution in [2.45, 2.75) is 51.4 Å². The Morgan fingerprint density at radius 1 is 1.13 bits per heavy atom. The minimum atomic E-state index is -4.21. The molecule has 0 spiro atoms. The molecule has 0 aromatic heterocycles. The van der Waals surface area contributed by atoms with Gasteiger partial charge in [0.25, 0.3) is 0 Å². The average molecular weight is 224 g/mol. The topological polar surface area (TPSA) is 0 Å². The molecular formula is C11H16F4. The maximum absolute atomic E-state index is 13.8. The molecule has 0 amide bonds. The molecule has 15 heavy (non-hydrogen) atoms. The van der Waals surface area contributed by atoms with Crippen molar-refractivity contribution in [3.8, 4) is 0 Å². The highest BCUT2D eigenvalue weighted by Crippen LogP contribution is 2.56. The van der Waals surface area contributed by atoms with Crippen LogP contribution in [0.4, 0.5) is 17.6 Å². The molecule has 0 bridgehead atoms. The van der Waals surface area contributed by atoms with E-state index in [2.05, 4.69) is 0 Å². The van der Waals surface area contributed by atoms with Crippen LogP contribution in [-0.4, -0.2) is 12.3 Å². The van der Waals surface area contributed by atoms with Crippen LogP contribution >= 0.6 is 0 Å². The van der Waals surface area contributed by atoms with Crippen molar-refractivity contribution >= 4 is 0 Å². The summed E-state index contributed by atoms with van der Waals surface area (Å²) >= 11 is 0. The molecule has 0 saturated heterocycles. The van der Waals surface area contributed by atoms with Gasteiger partial charge in [-0.1, -0.05) is 6.92 Å². The van der Waals surface area contributed by atoms with E-state index in [1.165, 1.54) is 0 Å². The zero-order valence-corrected chi connectivity index (χ0v) is 8.78. The van der Waals surface area contributed by atoms with Crippen molar-refractivity contribution in [2.75, 3.05) is 0 Å². The van der Waals surface area contributed by atoms with Gasteiger partial charge in [-0.15, -0.1) is 0 Å². The second-order valence-corrected chi connectivity index (χ2v) is 5.26. The maximum atomic E-state index is 13.8. The van der Waals surface area contributed by atoms with Crippen LogP contribution in [0.15, 0.2) is 0 Å². The van der Waals surface area contributed by atoms with Gasteiger partial charge in [0.05, 0.1) is 5.92 Å². The van der Waals surface area contributed by atoms with Crippen molar-refractivity contribution in [3.05, 3.63) is 0 Å². The predicted octanol–water partition coefficient (Wildman–Crippen LogP) is 4.10. The van der Waals surface area contributed by atoms with E-state index in [9.17, 15) is 17.6 Å². The summed E-state index contributed by atoms with van der Waals surface area (Å²) in [5.41, 5.74) is -0.470. The van der Waals surface area contributed by atoms with Crippen LogP contribution in [0.2, 0.25) is 0 Å². The molecule has 2 aliphatic carbocycles. The molecule has 3 atom stereocenters. The monoisotopic (exact) mass is 224 g/mol. The smallest absolute Gasteiger partial charge is 0.247 e. The number of halogens is 4. The minimum absolute atomic E-state index is 0.108. The van der Waals surface area contributed by atoms with E-state index in [1.807, 2.05) is 6.92 Å². The van der Waals surface area contributed by atoms with Crippen molar-refractivity contribution in [1.82, 2.24) is 0 Å². The van der Waals surface area contributed by atoms with Gasteiger partial charge in [-0.2, -0.15) is 13.2 Å². The lowest BCUT2D eigenvalue weighted by Gasteiger charge is -2.41. The van der Waals surface area contributed by atoms with Gasteiger partial charge in [-0.3, -0.25) is 0 Å². The summed E-state index contributed by atoms with van der Waals surface area (Å²) < 4.78 is 51.1. The van der Waals surface area contributed by atoms with Gasteiger partial charge in [0.1, 0.15) is 6.17 Å². The lowest BCUT2D eigenvalue weighted by Crippen LogP contribution is -2.41. The first kappa shape index (κ1) is 11.2. The van der Waals surface area contributed by atoms with Crippen LogP contribution in [0.3, 0.4) is 0 Å². The first-order chi connectivity index (χ1) is 6.84. The molecule has 0 nitrogen and oxygen atoms in total. The Morgan fingerprint density at radius 3 is 2.13 bits per heavy atom. The molecule has 2 fully saturated rings. The molecule has 0 aromatic carbocycles. The third-order valence-corrected chi connectivity index (χ3v) is 4.21. The van der Waals surface area contributed by atoms with Crippen LogP contribution in [-0.2, 0) is 0 Å². The fourth-order valence-corrected chi connectivity index (χ4v) is 2.78. The van der Waals surface area contributed by atoms with Crippen molar-refractivity contribution in [1.29, 1.82) is 0 Å². The average Bonchev–Trinajstić information content (AvgIpc) is 2.90. The number of hydrogen-bond acceptors (Lipinski definition) is 0. The maximum Gasteiger partial charge on any atom is 0.391 e. The van der Waals surface area contributed by atoms with Crippen LogP contribution in [0.25, 0.3) is 0 Å². The highest BCUT2D eigenvalue weighted by atomic mass is 19.4. The molecule has 0 aromatic rings. The van der Waals surface area contributed by atoms with Gasteiger partial charge in [0, 0.05) is 5.41 Å². The normalized spacial score (nSPS) is 43.0. The third kappa shape index (κ3) is 2.00. The molecule has 0 heterocycles. The van der Waals surface area contributed by atoms with E-state index in [0.29, 0.717) is 12.3 Å². The van der Waals surface area contributed by atoms with Gasteiger partial charge in [-0.05, 0) is 38.0 Å². The van der Waals surface area contributed by atoms with Crippen LogP contribution in [0.5, 0.6) is 0 Å². The second kappa shape index (κ2) is 3.36. The van der Waals surface area contributed by atoms with Crippen LogP contribution in [0, 0.1) is 17.3 Å². The lowest BCUT2D eigenvalue weighted by molar-refractivity contribution is -0.196. The van der Waals surface area contributed by atoms with Crippen LogP contribution < -0.4 is 0 Å². The molecule has 0 aliphatic heterocycles. The standard InChI is InChI=1S/C11H16F4/c1-10(7-2-3-7)5-4-8(6-9(10)12)11(13,14)15/h7-9H,2-6H2,1H3. The molecule has 88 valence electrons. The Labute approximate surface area is 87.0 Å². The highest BCUT2D eigenvalue weighted by Gasteiger charge is 2.54. The largest absolute Gasteiger partial charge is 0.391 e. The minimum Gasteiger partial charge on any atom is -0.247 e. The van der Waals surface area contributed by atoms with E-state index < -0.39 is 23.7 Å². The Kier molecular flexibility index (Phi) is 2.51. The quantitative estimate of drug-likeness (QED) is 0.588. The summed E-state index contributed by atoms with van der Waals surface area (Å²) in [6.45, 7) is 1.82. The van der Waals surface area contributed by atoms with Crippen LogP contribution in [0.1, 0.15) is 39.0 Å². The van der Waals surface area contributed by atoms with E-state index in [1.54, 1.807) is 0 Å². The Balaban J connectivity index is 2.02. The molecule has 0 radical (unpaired) electrons. The molecule has 3 unspecified atom stereocenters. The van der Waals surface area contributed by atoms with Gasteiger partial charge in [0.2, 0.25) is 0 Å². The zero-order chi connectivity index (χ0) is 11.3. The number of hydrogen-bond donors (Lipinski definition) is 0. The summed E-state index contributed by atoms with van der Waals surface area (Å²) in [7, 11) is 0. The van der Waals surface area contributed by atoms with E-state index in [4.69, 9.17) is 0 Å². The van der Waals surface area contributed by atoms with Gasteiger partial charge >= 0.3 is 6.18 Å². The Hall–Kier alpha value is -0.280. The number of rotatable bonds is 1. The van der Waals surface area contributed by atoms with Gasteiger partial charge < -0.3 is 0 Å². The fraction of sp³-hybridized carbons (Fsp3) is 1.00. The zero-order valence-electron chi connectivity index (χ0n) is 8.78. The summed E-state index contributed by atoms with van der Waals surface area (Å²) in [5.74, 6) is -1.08. The SMILES string of the molecule is CC1(C2CC2)CCC(C(F)(F)F)CC1F. The highest BCUT2D eigenvalue weighted by molar-refractivity contribution is 5.00. The van der Waals surface area contributed by atoms with E-state index >= 15 is 0 Å². The molecule has 2 aliphatic rings. The summed E-state index contributed by atoms with van der Waals surface area (Å²) in [4.78, 5) is 0. The number of alkyl halides is 4. The van der Waals surface area contributed by atoms with Gasteiger partial charge in [0.15, 0.2) is 0 Å². The predicted molar refractivity (Wildman–Crippen MR) is 49.1 cm³/mol. The molecule has 0 N–H and O–H groups in total. The van der Waals surface area contributed by atoms with E-state index in [0.717, 1.165) is 12.8 Å². The molecule has 4 heteroatoms. The first-order valence-corrected chi connectivity index (χ1v) is 5.55. The van der Waals surface area contributed by atoms with Crippen molar-refractivity contribution in [3.63, 3.8) is 0 Å². The van der Waals surface area contributed by atoms with Crippen molar-refractivity contribution in [2.24, 2.45) is 17.3 Å². The molecule has 2 rings (SSSR count).